The normalized spacial score (nSPS) is 15.2. The molecule has 40 heavy (non-hydrogen) atoms. The largest absolute Gasteiger partial charge is 0.488 e. The molecule has 1 aliphatic rings. The minimum Gasteiger partial charge on any atom is -0.488 e. The molecule has 0 radical (unpaired) electrons. The van der Waals surface area contributed by atoms with Crippen molar-refractivity contribution in [3.05, 3.63) is 67.7 Å². The Hall–Kier alpha value is -3.13. The standard InChI is InChI=1S/C25H27Cl2FN4O7S/c1-12-14(26)6-8-16(28)18(12)13(2)19(22-29-30-23(33)38-22)31-40(35,36)17-9-7-15(27)20-21(17)37-11-10-32(20)24(34)39-25(3,4)5/h6-9,13,19,31H,10-11H2,1-5H3,(H,30,33)/t13-,19+/m1/s1. The van der Waals surface area contributed by atoms with Crippen LogP contribution in [0.5, 0.6) is 5.75 Å². The second kappa shape index (κ2) is 11.0. The van der Waals surface area contributed by atoms with Gasteiger partial charge in [-0.3, -0.25) is 4.90 Å². The average molecular weight is 617 g/mol. The van der Waals surface area contributed by atoms with Crippen LogP contribution in [0.4, 0.5) is 14.9 Å². The number of aromatic amines is 1. The number of amides is 1. The highest BCUT2D eigenvalue weighted by atomic mass is 35.5. The monoisotopic (exact) mass is 616 g/mol. The van der Waals surface area contributed by atoms with E-state index in [4.69, 9.17) is 37.1 Å². The molecular formula is C25H27Cl2FN4O7S. The van der Waals surface area contributed by atoms with Crippen molar-refractivity contribution in [2.75, 3.05) is 18.1 Å². The molecule has 4 rings (SSSR count). The van der Waals surface area contributed by atoms with E-state index < -0.39 is 45.3 Å². The number of anilines is 1. The first-order chi connectivity index (χ1) is 18.6. The summed E-state index contributed by atoms with van der Waals surface area (Å²) in [5.41, 5.74) is -0.344. The Kier molecular flexibility index (Phi) is 8.23. The van der Waals surface area contributed by atoms with Crippen LogP contribution in [-0.2, 0) is 14.8 Å². The first-order valence-corrected chi connectivity index (χ1v) is 14.3. The molecule has 2 heterocycles. The van der Waals surface area contributed by atoms with Gasteiger partial charge in [0.1, 0.15) is 34.6 Å². The van der Waals surface area contributed by atoms with Crippen LogP contribution in [0.1, 0.15) is 56.7 Å². The van der Waals surface area contributed by atoms with Crippen LogP contribution in [0, 0.1) is 12.7 Å². The van der Waals surface area contributed by atoms with Crippen molar-refractivity contribution in [3.8, 4) is 5.75 Å². The predicted molar refractivity (Wildman–Crippen MR) is 145 cm³/mol. The molecule has 0 aliphatic carbocycles. The number of carbonyl (C=O) groups excluding carboxylic acids is 1. The Bertz CT molecular complexity index is 1620. The SMILES string of the molecule is Cc1c(Cl)ccc(F)c1[C@@H](C)[C@H](NS(=O)(=O)c1ccc(Cl)c2c1OCCN2C(=O)OC(C)(C)C)c1n[nH]c(=O)o1. The van der Waals surface area contributed by atoms with Gasteiger partial charge in [-0.2, -0.15) is 4.72 Å². The number of rotatable bonds is 6. The molecule has 3 aromatic rings. The van der Waals surface area contributed by atoms with Crippen molar-refractivity contribution in [1.82, 2.24) is 14.9 Å². The number of hydrogen-bond acceptors (Lipinski definition) is 8. The zero-order valence-electron chi connectivity index (χ0n) is 22.2. The van der Waals surface area contributed by atoms with Gasteiger partial charge >= 0.3 is 11.8 Å². The molecule has 2 aromatic carbocycles. The molecule has 1 aliphatic heterocycles. The van der Waals surface area contributed by atoms with E-state index in [9.17, 15) is 22.4 Å². The van der Waals surface area contributed by atoms with Gasteiger partial charge in [0.25, 0.3) is 0 Å². The number of aromatic nitrogens is 2. The number of benzene rings is 2. The quantitative estimate of drug-likeness (QED) is 0.390. The number of nitrogens with one attached hydrogen (secondary N) is 2. The molecule has 0 bridgehead atoms. The van der Waals surface area contributed by atoms with E-state index in [0.717, 1.165) is 6.07 Å². The highest BCUT2D eigenvalue weighted by molar-refractivity contribution is 7.89. The number of nitrogens with zero attached hydrogens (tertiary/aromatic N) is 2. The summed E-state index contributed by atoms with van der Waals surface area (Å²) in [6.07, 6.45) is -0.738. The van der Waals surface area contributed by atoms with Gasteiger partial charge in [-0.25, -0.2) is 27.5 Å². The van der Waals surface area contributed by atoms with Gasteiger partial charge < -0.3 is 13.9 Å². The lowest BCUT2D eigenvalue weighted by molar-refractivity contribution is 0.0567. The Labute approximate surface area is 239 Å². The number of halogens is 3. The van der Waals surface area contributed by atoms with E-state index in [1.807, 2.05) is 0 Å². The molecule has 2 atom stereocenters. The maximum atomic E-state index is 15.0. The van der Waals surface area contributed by atoms with Gasteiger partial charge in [-0.1, -0.05) is 30.1 Å². The summed E-state index contributed by atoms with van der Waals surface area (Å²) in [7, 11) is -4.51. The van der Waals surface area contributed by atoms with Crippen LogP contribution in [-0.4, -0.2) is 43.5 Å². The number of H-pyrrole nitrogens is 1. The topological polar surface area (TPSA) is 144 Å². The van der Waals surface area contributed by atoms with Crippen LogP contribution in [0.15, 0.2) is 38.4 Å². The summed E-state index contributed by atoms with van der Waals surface area (Å²) < 4.78 is 61.3. The molecule has 1 amide bonds. The highest BCUT2D eigenvalue weighted by Crippen LogP contribution is 2.44. The molecular weight excluding hydrogens is 590 g/mol. The number of carbonyl (C=O) groups is 1. The van der Waals surface area contributed by atoms with E-state index in [0.29, 0.717) is 5.56 Å². The fourth-order valence-electron chi connectivity index (χ4n) is 4.35. The van der Waals surface area contributed by atoms with Crippen LogP contribution < -0.4 is 20.1 Å². The third-order valence-corrected chi connectivity index (χ3v) is 8.31. The van der Waals surface area contributed by atoms with Crippen LogP contribution in [0.25, 0.3) is 0 Å². The van der Waals surface area contributed by atoms with Gasteiger partial charge in [0.2, 0.25) is 15.9 Å². The van der Waals surface area contributed by atoms with Crippen molar-refractivity contribution in [1.29, 1.82) is 0 Å². The van der Waals surface area contributed by atoms with E-state index in [2.05, 4.69) is 14.9 Å². The lowest BCUT2D eigenvalue weighted by Gasteiger charge is -2.33. The Morgan fingerprint density at radius 1 is 1.23 bits per heavy atom. The molecule has 0 saturated carbocycles. The maximum Gasteiger partial charge on any atom is 0.434 e. The van der Waals surface area contributed by atoms with Gasteiger partial charge in [0, 0.05) is 10.9 Å². The minimum atomic E-state index is -4.51. The highest BCUT2D eigenvalue weighted by Gasteiger charge is 2.38. The van der Waals surface area contributed by atoms with Gasteiger partial charge in [0.15, 0.2) is 5.75 Å². The summed E-state index contributed by atoms with van der Waals surface area (Å²) in [4.78, 5) is 25.5. The Balaban J connectivity index is 1.80. The van der Waals surface area contributed by atoms with Gasteiger partial charge in [-0.05, 0) is 63.1 Å². The summed E-state index contributed by atoms with van der Waals surface area (Å²) in [5.74, 6) is -3.05. The fourth-order valence-corrected chi connectivity index (χ4v) is 6.18. The summed E-state index contributed by atoms with van der Waals surface area (Å²) in [6, 6.07) is 3.67. The zero-order chi connectivity index (χ0) is 29.6. The second-order valence-electron chi connectivity index (χ2n) is 10.1. The lowest BCUT2D eigenvalue weighted by atomic mass is 9.90. The lowest BCUT2D eigenvalue weighted by Crippen LogP contribution is -2.42. The second-order valence-corrected chi connectivity index (χ2v) is 12.6. The number of hydrogen-bond donors (Lipinski definition) is 2. The Morgan fingerprint density at radius 3 is 2.52 bits per heavy atom. The van der Waals surface area contributed by atoms with Gasteiger partial charge in [0.05, 0.1) is 11.6 Å². The zero-order valence-corrected chi connectivity index (χ0v) is 24.5. The van der Waals surface area contributed by atoms with E-state index in [-0.39, 0.29) is 51.0 Å². The van der Waals surface area contributed by atoms with E-state index >= 15 is 0 Å². The fraction of sp³-hybridized carbons (Fsp3) is 0.400. The summed E-state index contributed by atoms with van der Waals surface area (Å²) >= 11 is 12.6. The van der Waals surface area contributed by atoms with Gasteiger partial charge in [-0.15, -0.1) is 5.10 Å². The van der Waals surface area contributed by atoms with Crippen molar-refractivity contribution in [3.63, 3.8) is 0 Å². The molecule has 0 saturated heterocycles. The van der Waals surface area contributed by atoms with Crippen LogP contribution in [0.2, 0.25) is 10.0 Å². The van der Waals surface area contributed by atoms with Crippen molar-refractivity contribution in [2.45, 2.75) is 57.1 Å². The first-order valence-electron chi connectivity index (χ1n) is 12.1. The molecule has 11 nitrogen and oxygen atoms in total. The van der Waals surface area contributed by atoms with Crippen LogP contribution >= 0.6 is 23.2 Å². The number of ether oxygens (including phenoxy) is 2. The minimum absolute atomic E-state index is 0.0117. The van der Waals surface area contributed by atoms with E-state index in [1.165, 1.54) is 30.0 Å². The summed E-state index contributed by atoms with van der Waals surface area (Å²) in [5, 5.41) is 6.19. The molecule has 0 fully saturated rings. The van der Waals surface area contributed by atoms with Crippen molar-refractivity contribution < 1.29 is 31.5 Å². The van der Waals surface area contributed by atoms with Crippen molar-refractivity contribution >= 4 is 45.0 Å². The smallest absolute Gasteiger partial charge is 0.434 e. The average Bonchev–Trinajstić information content (AvgIpc) is 3.29. The molecule has 216 valence electrons. The third-order valence-electron chi connectivity index (χ3n) is 6.13. The van der Waals surface area contributed by atoms with E-state index in [1.54, 1.807) is 27.7 Å². The van der Waals surface area contributed by atoms with Crippen molar-refractivity contribution in [2.24, 2.45) is 0 Å². The Morgan fingerprint density at radius 2 is 1.90 bits per heavy atom. The summed E-state index contributed by atoms with van der Waals surface area (Å²) in [6.45, 7) is 8.20. The molecule has 0 spiro atoms. The van der Waals surface area contributed by atoms with Crippen LogP contribution in [0.3, 0.4) is 0 Å². The third kappa shape index (κ3) is 5.97. The molecule has 2 N–H and O–H groups in total. The number of fused-ring (bicyclic) bond motifs is 1. The maximum absolute atomic E-state index is 15.0. The first kappa shape index (κ1) is 29.8. The molecule has 0 unspecified atom stereocenters. The predicted octanol–water partition coefficient (Wildman–Crippen LogP) is 5.07. The number of sulfonamides is 1. The molecule has 15 heteroatoms. The molecule has 1 aromatic heterocycles.